The van der Waals surface area contributed by atoms with E-state index in [1.54, 1.807) is 12.1 Å². The summed E-state index contributed by atoms with van der Waals surface area (Å²) in [6.07, 6.45) is 1.49. The summed E-state index contributed by atoms with van der Waals surface area (Å²) in [7, 11) is 0. The van der Waals surface area contributed by atoms with Gasteiger partial charge in [-0.2, -0.15) is 0 Å². The molecule has 0 spiro atoms. The molecule has 0 saturated heterocycles. The van der Waals surface area contributed by atoms with Crippen molar-refractivity contribution < 1.29 is 27.1 Å². The maximum atomic E-state index is 10.6. The van der Waals surface area contributed by atoms with E-state index in [2.05, 4.69) is 4.98 Å². The number of halogens is 1. The van der Waals surface area contributed by atoms with Crippen LogP contribution in [-0.4, -0.2) is 15.0 Å². The van der Waals surface area contributed by atoms with Crippen LogP contribution < -0.4 is 0 Å². The average Bonchev–Trinajstić information content (AvgIpc) is 2.23. The Morgan fingerprint density at radius 1 is 1.50 bits per heavy atom. The Bertz CT molecular complexity index is 562. The molecule has 5 nitrogen and oxygen atoms in total. The van der Waals surface area contributed by atoms with Gasteiger partial charge in [-0.05, 0) is 28.7 Å². The van der Waals surface area contributed by atoms with Crippen LogP contribution >= 0.6 is 22.6 Å². The van der Waals surface area contributed by atoms with Gasteiger partial charge in [-0.3, -0.25) is 15.1 Å². The fraction of sp³-hybridized carbons (Fsp3) is 0. The number of aromatic nitrogens is 1. The third-order valence-electron chi connectivity index (χ3n) is 1.99. The molecule has 1 aromatic heterocycles. The summed E-state index contributed by atoms with van der Waals surface area (Å²) in [5.74, 6) is -0.379. The first-order valence-electron chi connectivity index (χ1n) is 4.02. The Morgan fingerprint density at radius 2 is 2.19 bits per heavy atom. The van der Waals surface area contributed by atoms with E-state index < -0.39 is 4.92 Å². The summed E-state index contributed by atoms with van der Waals surface area (Å²) in [5, 5.41) is 21.0. The van der Waals surface area contributed by atoms with Gasteiger partial charge in [0.1, 0.15) is 5.52 Å². The molecular weight excluding hydrogens is 375 g/mol. The van der Waals surface area contributed by atoms with E-state index in [0.717, 1.165) is 0 Å². The van der Waals surface area contributed by atoms with Crippen molar-refractivity contribution in [2.45, 2.75) is 0 Å². The smallest absolute Gasteiger partial charge is 0.501 e. The summed E-state index contributed by atoms with van der Waals surface area (Å²) in [6.45, 7) is 0. The van der Waals surface area contributed by atoms with E-state index in [4.69, 9.17) is 0 Å². The van der Waals surface area contributed by atoms with Crippen LogP contribution in [0.2, 0.25) is 0 Å². The molecule has 0 aliphatic heterocycles. The quantitative estimate of drug-likeness (QED) is 0.357. The molecule has 0 aliphatic carbocycles. The van der Waals surface area contributed by atoms with Crippen LogP contribution in [0.3, 0.4) is 0 Å². The first-order chi connectivity index (χ1) is 7.11. The Hall–Kier alpha value is -0.921. The molecule has 1 radical (unpaired) electrons. The van der Waals surface area contributed by atoms with Gasteiger partial charge in [0.2, 0.25) is 5.75 Å². The molecule has 0 atom stereocenters. The van der Waals surface area contributed by atoms with Gasteiger partial charge in [0.05, 0.1) is 4.92 Å². The molecule has 2 rings (SSSR count). The summed E-state index contributed by atoms with van der Waals surface area (Å²) in [6, 6.07) is 4.81. The number of phenols is 1. The van der Waals surface area contributed by atoms with E-state index in [1.165, 1.54) is 12.3 Å². The average molecular weight is 380 g/mol. The molecule has 0 aliphatic rings. The van der Waals surface area contributed by atoms with Gasteiger partial charge in [-0.15, -0.1) is 0 Å². The van der Waals surface area contributed by atoms with Crippen molar-refractivity contribution in [1.82, 2.24) is 4.98 Å². The van der Waals surface area contributed by atoms with Crippen molar-refractivity contribution in [1.29, 1.82) is 0 Å². The minimum Gasteiger partial charge on any atom is -0.501 e. The zero-order chi connectivity index (χ0) is 11.0. The number of phenolic OH excluding ortho intramolecular Hbond substituents is 1. The summed E-state index contributed by atoms with van der Waals surface area (Å²) in [4.78, 5) is 13.9. The minimum absolute atomic E-state index is 0. The van der Waals surface area contributed by atoms with Crippen LogP contribution in [-0.2, 0) is 17.1 Å². The third kappa shape index (κ3) is 2.11. The molecule has 16 heavy (non-hydrogen) atoms. The van der Waals surface area contributed by atoms with Gasteiger partial charge in [-0.1, -0.05) is 6.07 Å². The topological polar surface area (TPSA) is 76.3 Å². The van der Waals surface area contributed by atoms with Crippen LogP contribution in [0.4, 0.5) is 5.69 Å². The van der Waals surface area contributed by atoms with E-state index in [-0.39, 0.29) is 34.0 Å². The molecule has 0 unspecified atom stereocenters. The monoisotopic (exact) mass is 379 g/mol. The number of nitro benzene ring substituents is 1. The first-order valence-corrected chi connectivity index (χ1v) is 5.09. The van der Waals surface area contributed by atoms with Gasteiger partial charge in [-0.25, -0.2) is 0 Å². The predicted molar refractivity (Wildman–Crippen MR) is 62.8 cm³/mol. The number of fused-ring (bicyclic) bond motifs is 1. The number of hydrogen-bond acceptors (Lipinski definition) is 4. The second-order valence-electron chi connectivity index (χ2n) is 2.88. The molecule has 1 N–H and O–H groups in total. The molecule has 1 heterocycles. The van der Waals surface area contributed by atoms with Crippen LogP contribution in [0.1, 0.15) is 0 Å². The summed E-state index contributed by atoms with van der Waals surface area (Å²) >= 11 is 1.98. The van der Waals surface area contributed by atoms with Crippen molar-refractivity contribution in [2.75, 3.05) is 0 Å². The number of pyridine rings is 1. The normalized spacial score (nSPS) is 9.81. The second kappa shape index (κ2) is 4.94. The number of nitro groups is 1. The van der Waals surface area contributed by atoms with Crippen molar-refractivity contribution in [3.05, 3.63) is 38.1 Å². The van der Waals surface area contributed by atoms with Crippen molar-refractivity contribution >= 4 is 39.2 Å². The molecule has 0 bridgehead atoms. The summed E-state index contributed by atoms with van der Waals surface area (Å²) in [5.41, 5.74) is -0.0540. The molecule has 0 fully saturated rings. The number of benzene rings is 1. The fourth-order valence-electron chi connectivity index (χ4n) is 1.31. The van der Waals surface area contributed by atoms with Crippen LogP contribution in [0.15, 0.2) is 24.4 Å². The SMILES string of the molecule is O=[N+]([O-])c1cc(I)c2cccnc2c1O.[Cu+2]. The molecule has 1 aromatic carbocycles. The van der Waals surface area contributed by atoms with E-state index in [9.17, 15) is 15.2 Å². The Balaban J connectivity index is 0.00000128. The van der Waals surface area contributed by atoms with Gasteiger partial charge >= 0.3 is 22.8 Å². The zero-order valence-corrected chi connectivity index (χ0v) is 10.7. The molecule has 7 heteroatoms. The number of rotatable bonds is 1. The van der Waals surface area contributed by atoms with E-state index in [1.807, 2.05) is 22.6 Å². The Morgan fingerprint density at radius 3 is 2.81 bits per heavy atom. The van der Waals surface area contributed by atoms with Gasteiger partial charge in [0, 0.05) is 21.2 Å². The fourth-order valence-corrected chi connectivity index (χ4v) is 2.04. The molecule has 0 saturated carbocycles. The van der Waals surface area contributed by atoms with Crippen molar-refractivity contribution in [2.24, 2.45) is 0 Å². The number of nitrogens with zero attached hydrogens (tertiary/aromatic N) is 2. The maximum absolute atomic E-state index is 10.6. The van der Waals surface area contributed by atoms with E-state index >= 15 is 0 Å². The summed E-state index contributed by atoms with van der Waals surface area (Å²) < 4.78 is 0.695. The predicted octanol–water partition coefficient (Wildman–Crippen LogP) is 2.45. The Labute approximate surface area is 115 Å². The standard InChI is InChI=1S/C9H5IN2O3.Cu/c10-6-4-7(12(14)15)9(13)8-5(6)2-1-3-11-8;/h1-4,13H;/q;+2. The second-order valence-corrected chi connectivity index (χ2v) is 4.04. The van der Waals surface area contributed by atoms with Crippen LogP contribution in [0, 0.1) is 13.7 Å². The number of aromatic hydroxyl groups is 1. The minimum atomic E-state index is -0.619. The third-order valence-corrected chi connectivity index (χ3v) is 2.88. The first kappa shape index (κ1) is 13.1. The van der Waals surface area contributed by atoms with Gasteiger partial charge in [0.15, 0.2) is 0 Å². The van der Waals surface area contributed by atoms with E-state index in [0.29, 0.717) is 8.96 Å². The van der Waals surface area contributed by atoms with Crippen LogP contribution in [0.5, 0.6) is 5.75 Å². The number of hydrogen-bond donors (Lipinski definition) is 1. The molecule has 0 amide bonds. The van der Waals surface area contributed by atoms with Gasteiger partial charge < -0.3 is 5.11 Å². The van der Waals surface area contributed by atoms with Crippen molar-refractivity contribution in [3.63, 3.8) is 0 Å². The molecule has 85 valence electrons. The van der Waals surface area contributed by atoms with Gasteiger partial charge in [0.25, 0.3) is 0 Å². The van der Waals surface area contributed by atoms with Crippen LogP contribution in [0.25, 0.3) is 10.9 Å². The largest absolute Gasteiger partial charge is 2.00 e. The zero-order valence-electron chi connectivity index (χ0n) is 7.65. The maximum Gasteiger partial charge on any atom is 2.00 e. The van der Waals surface area contributed by atoms with Crippen molar-refractivity contribution in [3.8, 4) is 5.75 Å². The Kier molecular flexibility index (Phi) is 4.06. The molecule has 2 aromatic rings. The molecular formula is C9H5CuIN2O3+2.